The third kappa shape index (κ3) is 5.22. The van der Waals surface area contributed by atoms with Crippen LogP contribution < -0.4 is 0 Å². The van der Waals surface area contributed by atoms with Crippen molar-refractivity contribution in [1.29, 1.82) is 0 Å². The number of nitrogens with zero attached hydrogens (tertiary/aromatic N) is 4. The predicted octanol–water partition coefficient (Wildman–Crippen LogP) is 12.6. The second-order valence-corrected chi connectivity index (χ2v) is 13.1. The summed E-state index contributed by atoms with van der Waals surface area (Å²) in [6, 6.07) is 50.8. The van der Waals surface area contributed by atoms with Crippen LogP contribution in [0.1, 0.15) is 5.56 Å². The molecule has 0 bridgehead atoms. The van der Waals surface area contributed by atoms with Gasteiger partial charge in [0.15, 0.2) is 17.5 Å². The number of hydrogen-bond donors (Lipinski definition) is 0. The summed E-state index contributed by atoms with van der Waals surface area (Å²) in [5, 5.41) is 3.48. The van der Waals surface area contributed by atoms with Gasteiger partial charge in [-0.1, -0.05) is 121 Å². The first-order chi connectivity index (χ1) is 26.4. The number of rotatable bonds is 5. The summed E-state index contributed by atoms with van der Waals surface area (Å²) in [7, 11) is 0. The van der Waals surface area contributed by atoms with Crippen molar-refractivity contribution < 1.29 is 17.6 Å². The molecule has 54 heavy (non-hydrogen) atoms. The zero-order valence-electron chi connectivity index (χ0n) is 28.4. The van der Waals surface area contributed by atoms with Gasteiger partial charge in [0.2, 0.25) is 0 Å². The van der Waals surface area contributed by atoms with Crippen LogP contribution in [0.3, 0.4) is 0 Å². The van der Waals surface area contributed by atoms with Gasteiger partial charge in [-0.15, -0.1) is 0 Å². The highest BCUT2D eigenvalue weighted by atomic mass is 19.4. The van der Waals surface area contributed by atoms with E-state index in [9.17, 15) is 13.2 Å². The normalized spacial score (nSPS) is 12.0. The van der Waals surface area contributed by atoms with Crippen molar-refractivity contribution in [2.24, 2.45) is 0 Å². The van der Waals surface area contributed by atoms with E-state index in [2.05, 4.69) is 6.07 Å². The Kier molecular flexibility index (Phi) is 7.20. The van der Waals surface area contributed by atoms with Crippen LogP contribution in [-0.2, 0) is 6.18 Å². The van der Waals surface area contributed by atoms with E-state index in [1.165, 1.54) is 6.07 Å². The SMILES string of the molecule is FC(F)(F)c1ccc2c3ccccc3n(-c3ccc(-c4cccc5oc6ccccc6c45)cc3-c3nc(-c4ccccc4)nc(-c4ccccc4)n3)c2c1. The van der Waals surface area contributed by atoms with Crippen molar-refractivity contribution in [2.45, 2.75) is 6.18 Å². The molecule has 3 aromatic heterocycles. The van der Waals surface area contributed by atoms with Crippen LogP contribution >= 0.6 is 0 Å². The molecule has 258 valence electrons. The van der Waals surface area contributed by atoms with Crippen LogP contribution in [0.2, 0.25) is 0 Å². The van der Waals surface area contributed by atoms with Gasteiger partial charge in [-0.25, -0.2) is 15.0 Å². The van der Waals surface area contributed by atoms with Crippen molar-refractivity contribution >= 4 is 43.7 Å². The highest BCUT2D eigenvalue weighted by Crippen LogP contribution is 2.42. The van der Waals surface area contributed by atoms with Gasteiger partial charge in [-0.2, -0.15) is 13.2 Å². The number of furan rings is 1. The fraction of sp³-hybridized carbons (Fsp3) is 0.0217. The van der Waals surface area contributed by atoms with E-state index in [0.717, 1.165) is 61.2 Å². The smallest absolute Gasteiger partial charge is 0.416 e. The molecule has 0 aliphatic rings. The molecule has 0 saturated heterocycles. The molecular weight excluding hydrogens is 682 g/mol. The zero-order chi connectivity index (χ0) is 36.4. The van der Waals surface area contributed by atoms with Crippen molar-refractivity contribution in [3.8, 4) is 51.0 Å². The molecule has 0 amide bonds. The van der Waals surface area contributed by atoms with E-state index in [1.54, 1.807) is 6.07 Å². The first-order valence-electron chi connectivity index (χ1n) is 17.4. The minimum Gasteiger partial charge on any atom is -0.456 e. The molecule has 0 N–H and O–H groups in total. The van der Waals surface area contributed by atoms with Crippen LogP contribution in [0.15, 0.2) is 168 Å². The molecular formula is C46H27F3N4O. The number of benzene rings is 7. The van der Waals surface area contributed by atoms with Crippen LogP contribution in [0.4, 0.5) is 13.2 Å². The second kappa shape index (κ2) is 12.3. The third-order valence-electron chi connectivity index (χ3n) is 9.89. The Morgan fingerprint density at radius 1 is 0.444 bits per heavy atom. The lowest BCUT2D eigenvalue weighted by Crippen LogP contribution is -2.06. The van der Waals surface area contributed by atoms with Gasteiger partial charge in [0.1, 0.15) is 11.2 Å². The summed E-state index contributed by atoms with van der Waals surface area (Å²) in [5.74, 6) is 1.32. The maximum absolute atomic E-state index is 14.3. The van der Waals surface area contributed by atoms with Crippen LogP contribution in [0, 0.1) is 0 Å². The van der Waals surface area contributed by atoms with Gasteiger partial charge in [0.25, 0.3) is 0 Å². The molecule has 0 aliphatic heterocycles. The average Bonchev–Trinajstić information content (AvgIpc) is 3.76. The largest absolute Gasteiger partial charge is 0.456 e. The van der Waals surface area contributed by atoms with E-state index in [4.69, 9.17) is 19.4 Å². The van der Waals surface area contributed by atoms with Crippen molar-refractivity contribution in [3.05, 3.63) is 169 Å². The lowest BCUT2D eigenvalue weighted by molar-refractivity contribution is -0.137. The van der Waals surface area contributed by atoms with Gasteiger partial charge < -0.3 is 8.98 Å². The Balaban J connectivity index is 1.31. The fourth-order valence-electron chi connectivity index (χ4n) is 7.43. The van der Waals surface area contributed by atoms with Gasteiger partial charge >= 0.3 is 6.18 Å². The Hall–Kier alpha value is -7.06. The summed E-state index contributed by atoms with van der Waals surface area (Å²) in [4.78, 5) is 15.1. The molecule has 3 heterocycles. The predicted molar refractivity (Wildman–Crippen MR) is 208 cm³/mol. The molecule has 5 nitrogen and oxygen atoms in total. The lowest BCUT2D eigenvalue weighted by atomic mass is 9.96. The highest BCUT2D eigenvalue weighted by molar-refractivity contribution is 6.13. The number of halogens is 3. The molecule has 10 aromatic rings. The van der Waals surface area contributed by atoms with Gasteiger partial charge in [-0.05, 0) is 53.6 Å². The topological polar surface area (TPSA) is 56.7 Å². The summed E-state index contributed by atoms with van der Waals surface area (Å²) < 4.78 is 50.9. The van der Waals surface area contributed by atoms with Crippen LogP contribution in [0.5, 0.6) is 0 Å². The van der Waals surface area contributed by atoms with E-state index in [1.807, 2.05) is 144 Å². The highest BCUT2D eigenvalue weighted by Gasteiger charge is 2.31. The van der Waals surface area contributed by atoms with E-state index < -0.39 is 11.7 Å². The lowest BCUT2D eigenvalue weighted by Gasteiger charge is -2.17. The van der Waals surface area contributed by atoms with Crippen LogP contribution in [0.25, 0.3) is 94.7 Å². The van der Waals surface area contributed by atoms with Crippen molar-refractivity contribution in [2.75, 3.05) is 0 Å². The van der Waals surface area contributed by atoms with Crippen molar-refractivity contribution in [3.63, 3.8) is 0 Å². The Bertz CT molecular complexity index is 2980. The molecule has 7 aromatic carbocycles. The molecule has 0 fully saturated rings. The number of alkyl halides is 3. The zero-order valence-corrected chi connectivity index (χ0v) is 28.4. The van der Waals surface area contributed by atoms with E-state index in [0.29, 0.717) is 39.6 Å². The molecule has 0 radical (unpaired) electrons. The Labute approximate surface area is 306 Å². The first kappa shape index (κ1) is 31.7. The summed E-state index contributed by atoms with van der Waals surface area (Å²) in [5.41, 5.74) is 6.63. The average molecular weight is 709 g/mol. The molecule has 0 aliphatic carbocycles. The number of hydrogen-bond acceptors (Lipinski definition) is 4. The maximum Gasteiger partial charge on any atom is 0.416 e. The van der Waals surface area contributed by atoms with Gasteiger partial charge in [0.05, 0.1) is 22.3 Å². The number of aromatic nitrogens is 4. The Morgan fingerprint density at radius 2 is 1.06 bits per heavy atom. The summed E-state index contributed by atoms with van der Waals surface area (Å²) >= 11 is 0. The molecule has 0 unspecified atom stereocenters. The number of para-hydroxylation sites is 2. The molecule has 0 spiro atoms. The molecule has 8 heteroatoms. The van der Waals surface area contributed by atoms with Gasteiger partial charge in [0, 0.05) is 38.2 Å². The molecule has 0 saturated carbocycles. The summed E-state index contributed by atoms with van der Waals surface area (Å²) in [6.45, 7) is 0. The maximum atomic E-state index is 14.3. The minimum absolute atomic E-state index is 0.377. The van der Waals surface area contributed by atoms with Crippen LogP contribution in [-0.4, -0.2) is 19.5 Å². The monoisotopic (exact) mass is 708 g/mol. The van der Waals surface area contributed by atoms with E-state index >= 15 is 0 Å². The second-order valence-electron chi connectivity index (χ2n) is 13.1. The van der Waals surface area contributed by atoms with E-state index in [-0.39, 0.29) is 0 Å². The first-order valence-corrected chi connectivity index (χ1v) is 17.4. The fourth-order valence-corrected chi connectivity index (χ4v) is 7.43. The molecule has 10 rings (SSSR count). The van der Waals surface area contributed by atoms with Crippen molar-refractivity contribution in [1.82, 2.24) is 19.5 Å². The molecule has 0 atom stereocenters. The minimum atomic E-state index is -4.53. The Morgan fingerprint density at radius 3 is 1.78 bits per heavy atom. The number of fused-ring (bicyclic) bond motifs is 6. The standard InChI is InChI=1S/C46H27F3N4O/c47-46(48,49)31-23-24-34-33-16-7-9-19-37(33)53(39(34)27-31)38-25-22-30(32-18-11-21-41-42(32)35-17-8-10-20-40(35)54-41)26-36(38)45-51-43(28-12-3-1-4-13-28)50-44(52-45)29-14-5-2-6-15-29/h1-27H. The third-order valence-corrected chi connectivity index (χ3v) is 9.89. The summed E-state index contributed by atoms with van der Waals surface area (Å²) in [6.07, 6.45) is -4.53. The quantitative estimate of drug-likeness (QED) is 0.179. The van der Waals surface area contributed by atoms with Gasteiger partial charge in [-0.3, -0.25) is 0 Å².